The van der Waals surface area contributed by atoms with E-state index in [4.69, 9.17) is 20.8 Å². The molecule has 4 rings (SSSR count). The van der Waals surface area contributed by atoms with Crippen molar-refractivity contribution in [3.63, 3.8) is 0 Å². The number of carbonyl (C=O) groups is 1. The van der Waals surface area contributed by atoms with E-state index in [0.717, 1.165) is 31.5 Å². The van der Waals surface area contributed by atoms with E-state index in [1.54, 1.807) is 6.92 Å². The number of ether oxygens (including phenoxy) is 1. The summed E-state index contributed by atoms with van der Waals surface area (Å²) in [5.74, 6) is -0.111. The Morgan fingerprint density at radius 3 is 2.53 bits per heavy atom. The summed E-state index contributed by atoms with van der Waals surface area (Å²) in [4.78, 5) is 28.2. The van der Waals surface area contributed by atoms with Gasteiger partial charge < -0.3 is 9.15 Å². The number of benzene rings is 2. The molecule has 0 saturated carbocycles. The largest absolute Gasteiger partial charge is 0.455 e. The van der Waals surface area contributed by atoms with Crippen LogP contribution in [0.1, 0.15) is 42.1 Å². The molecule has 30 heavy (non-hydrogen) atoms. The molecule has 0 amide bonds. The Hall–Kier alpha value is -2.63. The molecule has 1 aliphatic rings. The zero-order valence-corrected chi connectivity index (χ0v) is 17.9. The van der Waals surface area contributed by atoms with Crippen molar-refractivity contribution in [2.45, 2.75) is 39.3 Å². The first-order valence-corrected chi connectivity index (χ1v) is 10.6. The van der Waals surface area contributed by atoms with Gasteiger partial charge in [-0.1, -0.05) is 48.4 Å². The van der Waals surface area contributed by atoms with Crippen LogP contribution in [-0.2, 0) is 4.74 Å². The van der Waals surface area contributed by atoms with Gasteiger partial charge in [0.15, 0.2) is 17.2 Å². The predicted octanol–water partition coefficient (Wildman–Crippen LogP) is 5.41. The Kier molecular flexibility index (Phi) is 5.93. The molecule has 0 aliphatic carbocycles. The maximum Gasteiger partial charge on any atom is 0.343 e. The molecule has 6 heteroatoms. The second kappa shape index (κ2) is 8.62. The normalized spacial score (nSPS) is 15.8. The summed E-state index contributed by atoms with van der Waals surface area (Å²) in [6, 6.07) is 12.4. The number of piperidine rings is 1. The molecule has 0 spiro atoms. The lowest BCUT2D eigenvalue weighted by atomic mass is 10.0. The molecule has 0 N–H and O–H groups in total. The summed E-state index contributed by atoms with van der Waals surface area (Å²) in [5.41, 5.74) is 1.39. The highest BCUT2D eigenvalue weighted by Crippen LogP contribution is 2.30. The van der Waals surface area contributed by atoms with Crippen LogP contribution in [0.4, 0.5) is 0 Å². The Bertz CT molecular complexity index is 1130. The molecule has 0 radical (unpaired) electrons. The van der Waals surface area contributed by atoms with E-state index >= 15 is 0 Å². The van der Waals surface area contributed by atoms with Crippen LogP contribution in [0.15, 0.2) is 51.7 Å². The summed E-state index contributed by atoms with van der Waals surface area (Å²) in [5, 5.41) is 0.566. The Labute approximate surface area is 180 Å². The van der Waals surface area contributed by atoms with Crippen LogP contribution >= 0.6 is 11.6 Å². The molecule has 3 aromatic rings. The number of halogens is 1. The SMILES string of the molecule is Cc1c(-c2ccccc2)oc2c(C(=O)OC(C)N3CCCCC3)cc(Cl)cc2c1=O. The quantitative estimate of drug-likeness (QED) is 0.523. The summed E-state index contributed by atoms with van der Waals surface area (Å²) >= 11 is 6.24. The van der Waals surface area contributed by atoms with E-state index in [1.807, 2.05) is 37.3 Å². The maximum absolute atomic E-state index is 13.0. The van der Waals surface area contributed by atoms with Crippen molar-refractivity contribution in [1.29, 1.82) is 0 Å². The van der Waals surface area contributed by atoms with Gasteiger partial charge in [0, 0.05) is 29.2 Å². The van der Waals surface area contributed by atoms with Gasteiger partial charge in [-0.25, -0.2) is 4.79 Å². The number of rotatable bonds is 4. The van der Waals surface area contributed by atoms with Gasteiger partial charge in [0.2, 0.25) is 0 Å². The van der Waals surface area contributed by atoms with Crippen molar-refractivity contribution in [3.8, 4) is 11.3 Å². The van der Waals surface area contributed by atoms with E-state index in [0.29, 0.717) is 16.3 Å². The van der Waals surface area contributed by atoms with Crippen LogP contribution in [-0.4, -0.2) is 30.2 Å². The van der Waals surface area contributed by atoms with Crippen LogP contribution < -0.4 is 5.43 Å². The number of hydrogen-bond acceptors (Lipinski definition) is 5. The molecule has 0 bridgehead atoms. The highest BCUT2D eigenvalue weighted by atomic mass is 35.5. The third-order valence-corrected chi connectivity index (χ3v) is 5.84. The van der Waals surface area contributed by atoms with Gasteiger partial charge in [0.05, 0.1) is 5.39 Å². The van der Waals surface area contributed by atoms with E-state index in [9.17, 15) is 9.59 Å². The van der Waals surface area contributed by atoms with Crippen LogP contribution in [0.2, 0.25) is 5.02 Å². The van der Waals surface area contributed by atoms with Crippen LogP contribution in [0.3, 0.4) is 0 Å². The summed E-state index contributed by atoms with van der Waals surface area (Å²) in [6.45, 7) is 5.38. The molecule has 1 unspecified atom stereocenters. The second-order valence-corrected chi connectivity index (χ2v) is 8.12. The van der Waals surface area contributed by atoms with Gasteiger partial charge in [-0.15, -0.1) is 0 Å². The number of fused-ring (bicyclic) bond motifs is 1. The average molecular weight is 426 g/mol. The molecular formula is C24H24ClNO4. The van der Waals surface area contributed by atoms with Crippen molar-refractivity contribution in [2.24, 2.45) is 0 Å². The van der Waals surface area contributed by atoms with Crippen LogP contribution in [0.25, 0.3) is 22.3 Å². The third kappa shape index (κ3) is 4.00. The lowest BCUT2D eigenvalue weighted by Crippen LogP contribution is -2.40. The number of carbonyl (C=O) groups excluding carboxylic acids is 1. The second-order valence-electron chi connectivity index (χ2n) is 7.68. The molecule has 1 aliphatic heterocycles. The first kappa shape index (κ1) is 20.6. The molecule has 156 valence electrons. The highest BCUT2D eigenvalue weighted by molar-refractivity contribution is 6.32. The van der Waals surface area contributed by atoms with Crippen LogP contribution in [0.5, 0.6) is 0 Å². The number of hydrogen-bond donors (Lipinski definition) is 0. The maximum atomic E-state index is 13.0. The Balaban J connectivity index is 1.78. The fraction of sp³-hybridized carbons (Fsp3) is 0.333. The molecule has 5 nitrogen and oxygen atoms in total. The van der Waals surface area contributed by atoms with Crippen molar-refractivity contribution in [2.75, 3.05) is 13.1 Å². The molecule has 1 aromatic heterocycles. The minimum Gasteiger partial charge on any atom is -0.455 e. The number of likely N-dealkylation sites (tertiary alicyclic amines) is 1. The van der Waals surface area contributed by atoms with Crippen molar-refractivity contribution < 1.29 is 13.9 Å². The summed E-state index contributed by atoms with van der Waals surface area (Å²) in [6.07, 6.45) is 3.02. The molecular weight excluding hydrogens is 402 g/mol. The predicted molar refractivity (Wildman–Crippen MR) is 118 cm³/mol. The fourth-order valence-electron chi connectivity index (χ4n) is 3.95. The third-order valence-electron chi connectivity index (χ3n) is 5.62. The van der Waals surface area contributed by atoms with Gasteiger partial charge in [-0.05, 0) is 38.8 Å². The lowest BCUT2D eigenvalue weighted by Gasteiger charge is -2.31. The average Bonchev–Trinajstić information content (AvgIpc) is 2.77. The lowest BCUT2D eigenvalue weighted by molar-refractivity contribution is -0.0297. The first-order chi connectivity index (χ1) is 14.5. The van der Waals surface area contributed by atoms with Gasteiger partial charge in [-0.3, -0.25) is 9.69 Å². The van der Waals surface area contributed by atoms with Gasteiger partial charge in [0.1, 0.15) is 11.3 Å². The standard InChI is InChI=1S/C24H24ClNO4/c1-15-21(27)19-13-18(25)14-20(23(19)30-22(15)17-9-5-3-6-10-17)24(28)29-16(2)26-11-7-4-8-12-26/h3,5-6,9-10,13-14,16H,4,7-8,11-12H2,1-2H3. The molecule has 1 saturated heterocycles. The molecule has 1 fully saturated rings. The zero-order chi connectivity index (χ0) is 21.3. The van der Waals surface area contributed by atoms with Crippen molar-refractivity contribution in [1.82, 2.24) is 4.90 Å². The molecule has 1 atom stereocenters. The van der Waals surface area contributed by atoms with Gasteiger partial charge in [-0.2, -0.15) is 0 Å². The van der Waals surface area contributed by atoms with E-state index in [-0.39, 0.29) is 28.2 Å². The van der Waals surface area contributed by atoms with Gasteiger partial charge in [0.25, 0.3) is 0 Å². The summed E-state index contributed by atoms with van der Waals surface area (Å²) < 4.78 is 11.8. The molecule has 2 heterocycles. The van der Waals surface area contributed by atoms with Crippen LogP contribution in [0, 0.1) is 6.92 Å². The summed E-state index contributed by atoms with van der Waals surface area (Å²) in [7, 11) is 0. The first-order valence-electron chi connectivity index (χ1n) is 10.2. The fourth-order valence-corrected chi connectivity index (χ4v) is 4.17. The van der Waals surface area contributed by atoms with Crippen molar-refractivity contribution >= 4 is 28.5 Å². The minimum absolute atomic E-state index is 0.163. The highest BCUT2D eigenvalue weighted by Gasteiger charge is 2.24. The van der Waals surface area contributed by atoms with E-state index < -0.39 is 5.97 Å². The Morgan fingerprint density at radius 2 is 1.83 bits per heavy atom. The number of nitrogens with zero attached hydrogens (tertiary/aromatic N) is 1. The van der Waals surface area contributed by atoms with E-state index in [1.165, 1.54) is 18.6 Å². The molecule has 2 aromatic carbocycles. The topological polar surface area (TPSA) is 59.8 Å². The zero-order valence-electron chi connectivity index (χ0n) is 17.1. The minimum atomic E-state index is -0.549. The smallest absolute Gasteiger partial charge is 0.343 e. The Morgan fingerprint density at radius 1 is 1.13 bits per heavy atom. The van der Waals surface area contributed by atoms with Gasteiger partial charge >= 0.3 is 5.97 Å². The number of esters is 1. The van der Waals surface area contributed by atoms with Crippen molar-refractivity contribution in [3.05, 3.63) is 68.8 Å². The van der Waals surface area contributed by atoms with E-state index in [2.05, 4.69) is 4.90 Å². The monoisotopic (exact) mass is 425 g/mol.